The highest BCUT2D eigenvalue weighted by Crippen LogP contribution is 2.26. The molecule has 0 aliphatic carbocycles. The van der Waals surface area contributed by atoms with Gasteiger partial charge in [0.05, 0.1) is 4.90 Å². The van der Waals surface area contributed by atoms with Gasteiger partial charge in [-0.1, -0.05) is 66.7 Å². The summed E-state index contributed by atoms with van der Waals surface area (Å²) >= 11 is 0. The van der Waals surface area contributed by atoms with E-state index in [9.17, 15) is 13.0 Å². The minimum absolute atomic E-state index is 0.0690. The summed E-state index contributed by atoms with van der Waals surface area (Å²) < 4.78 is 38.2. The molecule has 1 N–H and O–H groups in total. The first kappa shape index (κ1) is 20.3. The van der Waals surface area contributed by atoms with E-state index in [-0.39, 0.29) is 11.0 Å². The number of hydrogen-bond acceptors (Lipinski definition) is 3. The van der Waals surface area contributed by atoms with Crippen LogP contribution in [0, 0.1) is 6.92 Å². The second-order valence-corrected chi connectivity index (χ2v) is 8.16. The van der Waals surface area contributed by atoms with Gasteiger partial charge in [-0.3, -0.25) is 4.55 Å². The Hall–Kier alpha value is -2.47. The SMILES string of the molecule is Cc1ccc(S(=O)(=O)O)cc1CCCOC(c1ccccc1)c1ccccc1. The third kappa shape index (κ3) is 5.29. The van der Waals surface area contributed by atoms with Crippen molar-refractivity contribution in [3.8, 4) is 0 Å². The van der Waals surface area contributed by atoms with Crippen LogP contribution in [0.3, 0.4) is 0 Å². The molecule has 146 valence electrons. The average Bonchev–Trinajstić information content (AvgIpc) is 2.69. The number of rotatable bonds is 8. The molecule has 4 nitrogen and oxygen atoms in total. The van der Waals surface area contributed by atoms with Crippen molar-refractivity contribution in [3.63, 3.8) is 0 Å². The van der Waals surface area contributed by atoms with Crippen molar-refractivity contribution < 1.29 is 17.7 Å². The molecule has 5 heteroatoms. The Bertz CT molecular complexity index is 960. The molecule has 0 aliphatic rings. The molecule has 0 fully saturated rings. The zero-order valence-electron chi connectivity index (χ0n) is 15.8. The lowest BCUT2D eigenvalue weighted by atomic mass is 10.0. The number of aryl methyl sites for hydroxylation is 2. The zero-order chi connectivity index (χ0) is 20.0. The Morgan fingerprint density at radius 1 is 0.893 bits per heavy atom. The molecule has 0 aromatic heterocycles. The van der Waals surface area contributed by atoms with Gasteiger partial charge in [0.1, 0.15) is 6.10 Å². The molecular weight excluding hydrogens is 372 g/mol. The largest absolute Gasteiger partial charge is 0.369 e. The molecule has 0 atom stereocenters. The third-order valence-corrected chi connectivity index (χ3v) is 5.55. The van der Waals surface area contributed by atoms with Crippen molar-refractivity contribution in [1.29, 1.82) is 0 Å². The van der Waals surface area contributed by atoms with Crippen molar-refractivity contribution in [3.05, 3.63) is 101 Å². The predicted octanol–water partition coefficient (Wildman–Crippen LogP) is 4.98. The van der Waals surface area contributed by atoms with Crippen LogP contribution < -0.4 is 0 Å². The van der Waals surface area contributed by atoms with Gasteiger partial charge in [0.15, 0.2) is 0 Å². The van der Waals surface area contributed by atoms with Crippen LogP contribution in [0.15, 0.2) is 83.8 Å². The standard InChI is InChI=1S/C23H24O4S/c1-18-14-15-22(28(24,25)26)17-21(18)13-8-16-27-23(19-9-4-2-5-10-19)20-11-6-3-7-12-20/h2-7,9-12,14-15,17,23H,8,13,16H2,1H3,(H,24,25,26). The maximum absolute atomic E-state index is 11.4. The van der Waals surface area contributed by atoms with Gasteiger partial charge in [-0.15, -0.1) is 0 Å². The van der Waals surface area contributed by atoms with Crippen LogP contribution in [0.4, 0.5) is 0 Å². The Kier molecular flexibility index (Phi) is 6.62. The molecule has 0 aliphatic heterocycles. The molecule has 3 aromatic rings. The molecule has 0 heterocycles. The lowest BCUT2D eigenvalue weighted by Crippen LogP contribution is -2.08. The smallest absolute Gasteiger partial charge is 0.294 e. The molecule has 0 saturated heterocycles. The van der Waals surface area contributed by atoms with Gasteiger partial charge in [0.25, 0.3) is 10.1 Å². The van der Waals surface area contributed by atoms with Crippen LogP contribution in [-0.4, -0.2) is 19.6 Å². The van der Waals surface area contributed by atoms with Crippen molar-refractivity contribution >= 4 is 10.1 Å². The zero-order valence-corrected chi connectivity index (χ0v) is 16.6. The molecule has 0 amide bonds. The summed E-state index contributed by atoms with van der Waals surface area (Å²) in [5.41, 5.74) is 4.08. The van der Waals surface area contributed by atoms with Crippen LogP contribution >= 0.6 is 0 Å². The average molecular weight is 397 g/mol. The normalized spacial score (nSPS) is 11.7. The molecule has 3 rings (SSSR count). The monoisotopic (exact) mass is 396 g/mol. The van der Waals surface area contributed by atoms with E-state index < -0.39 is 10.1 Å². The van der Waals surface area contributed by atoms with Crippen molar-refractivity contribution in [2.75, 3.05) is 6.61 Å². The highest BCUT2D eigenvalue weighted by atomic mass is 32.2. The third-order valence-electron chi connectivity index (χ3n) is 4.70. The van der Waals surface area contributed by atoms with Crippen LogP contribution in [0.2, 0.25) is 0 Å². The molecule has 0 saturated carbocycles. The fraction of sp³-hybridized carbons (Fsp3) is 0.217. The maximum Gasteiger partial charge on any atom is 0.294 e. The van der Waals surface area contributed by atoms with E-state index in [1.807, 2.05) is 43.3 Å². The van der Waals surface area contributed by atoms with Gasteiger partial charge in [0.2, 0.25) is 0 Å². The lowest BCUT2D eigenvalue weighted by Gasteiger charge is -2.19. The summed E-state index contributed by atoms with van der Waals surface area (Å²) in [6, 6.07) is 24.9. The number of benzene rings is 3. The van der Waals surface area contributed by atoms with Crippen LogP contribution in [0.1, 0.15) is 34.8 Å². The highest BCUT2D eigenvalue weighted by Gasteiger charge is 2.15. The quantitative estimate of drug-likeness (QED) is 0.431. The van der Waals surface area contributed by atoms with E-state index >= 15 is 0 Å². The number of ether oxygens (including phenoxy) is 1. The van der Waals surface area contributed by atoms with E-state index in [0.717, 1.165) is 28.7 Å². The van der Waals surface area contributed by atoms with Crippen molar-refractivity contribution in [1.82, 2.24) is 0 Å². The van der Waals surface area contributed by atoms with Crippen molar-refractivity contribution in [2.45, 2.75) is 30.8 Å². The van der Waals surface area contributed by atoms with Gasteiger partial charge in [0, 0.05) is 6.61 Å². The summed E-state index contributed by atoms with van der Waals surface area (Å²) in [6.45, 7) is 2.46. The van der Waals surface area contributed by atoms with Crippen molar-refractivity contribution in [2.24, 2.45) is 0 Å². The second kappa shape index (κ2) is 9.15. The van der Waals surface area contributed by atoms with Gasteiger partial charge < -0.3 is 4.74 Å². The molecule has 28 heavy (non-hydrogen) atoms. The molecule has 0 bridgehead atoms. The fourth-order valence-corrected chi connectivity index (χ4v) is 3.71. The Balaban J connectivity index is 1.67. The van der Waals surface area contributed by atoms with Gasteiger partial charge >= 0.3 is 0 Å². The Morgan fingerprint density at radius 3 is 2.00 bits per heavy atom. The lowest BCUT2D eigenvalue weighted by molar-refractivity contribution is 0.0783. The summed E-state index contributed by atoms with van der Waals surface area (Å²) in [5, 5.41) is 0. The molecular formula is C23H24O4S. The van der Waals surface area contributed by atoms with E-state index in [1.54, 1.807) is 6.07 Å². The first-order chi connectivity index (χ1) is 13.4. The molecule has 0 spiro atoms. The predicted molar refractivity (Wildman–Crippen MR) is 110 cm³/mol. The minimum Gasteiger partial charge on any atom is -0.369 e. The van der Waals surface area contributed by atoms with Gasteiger partial charge in [-0.2, -0.15) is 8.42 Å². The maximum atomic E-state index is 11.4. The molecule has 3 aromatic carbocycles. The van der Waals surface area contributed by atoms with Crippen LogP contribution in [0.25, 0.3) is 0 Å². The second-order valence-electron chi connectivity index (χ2n) is 6.74. The van der Waals surface area contributed by atoms with E-state index in [1.165, 1.54) is 12.1 Å². The Labute approximate surface area is 166 Å². The van der Waals surface area contributed by atoms with Gasteiger partial charge in [-0.25, -0.2) is 0 Å². The molecule has 0 unspecified atom stereocenters. The Morgan fingerprint density at radius 2 is 1.46 bits per heavy atom. The van der Waals surface area contributed by atoms with E-state index in [4.69, 9.17) is 4.74 Å². The topological polar surface area (TPSA) is 63.6 Å². The van der Waals surface area contributed by atoms with E-state index in [0.29, 0.717) is 13.0 Å². The summed E-state index contributed by atoms with van der Waals surface area (Å²) in [4.78, 5) is -0.0690. The fourth-order valence-electron chi connectivity index (χ4n) is 3.18. The number of hydrogen-bond donors (Lipinski definition) is 1. The van der Waals surface area contributed by atoms with Crippen LogP contribution in [0.5, 0.6) is 0 Å². The van der Waals surface area contributed by atoms with E-state index in [2.05, 4.69) is 24.3 Å². The van der Waals surface area contributed by atoms with Crippen LogP contribution in [-0.2, 0) is 21.3 Å². The molecule has 0 radical (unpaired) electrons. The summed E-state index contributed by atoms with van der Waals surface area (Å²) in [6.07, 6.45) is 1.27. The first-order valence-corrected chi connectivity index (χ1v) is 10.7. The minimum atomic E-state index is -4.19. The first-order valence-electron chi connectivity index (χ1n) is 9.23. The summed E-state index contributed by atoms with van der Waals surface area (Å²) in [7, 11) is -4.19. The summed E-state index contributed by atoms with van der Waals surface area (Å²) in [5.74, 6) is 0. The van der Waals surface area contributed by atoms with Gasteiger partial charge in [-0.05, 0) is 54.2 Å². The highest BCUT2D eigenvalue weighted by molar-refractivity contribution is 7.85.